The van der Waals surface area contributed by atoms with E-state index in [-0.39, 0.29) is 30.8 Å². The molecule has 46 heavy (non-hydrogen) atoms. The second-order valence-corrected chi connectivity index (χ2v) is 13.1. The monoisotopic (exact) mass is 669 g/mol. The number of aromatic carboxylic acids is 1. The molecule has 13 heteroatoms. The van der Waals surface area contributed by atoms with Crippen molar-refractivity contribution in [3.63, 3.8) is 0 Å². The van der Waals surface area contributed by atoms with Crippen LogP contribution in [0.25, 0.3) is 30.3 Å². The van der Waals surface area contributed by atoms with E-state index in [2.05, 4.69) is 4.74 Å². The molecule has 234 valence electrons. The zero-order valence-electron chi connectivity index (χ0n) is 26.6. The Bertz CT molecular complexity index is 2000. The van der Waals surface area contributed by atoms with Crippen LogP contribution in [0.5, 0.6) is 0 Å². The van der Waals surface area contributed by atoms with Crippen molar-refractivity contribution in [3.8, 4) is 0 Å². The third-order valence-corrected chi connectivity index (χ3v) is 10.0. The van der Waals surface area contributed by atoms with Crippen LogP contribution in [0.3, 0.4) is 0 Å². The molecule has 0 atom stereocenters. The molecule has 0 fully saturated rings. The number of thiophene rings is 3. The topological polar surface area (TPSA) is 125 Å². The van der Waals surface area contributed by atoms with Gasteiger partial charge < -0.3 is 34.9 Å². The average Bonchev–Trinajstić information content (AvgIpc) is 3.73. The smallest absolute Gasteiger partial charge is 0.544 e. The van der Waals surface area contributed by atoms with E-state index >= 15 is 0 Å². The van der Waals surface area contributed by atoms with Crippen molar-refractivity contribution in [2.24, 2.45) is 0 Å². The van der Waals surface area contributed by atoms with Crippen LogP contribution in [0.15, 0.2) is 72.8 Å². The van der Waals surface area contributed by atoms with Gasteiger partial charge in [0.15, 0.2) is 0 Å². The predicted octanol–water partition coefficient (Wildman–Crippen LogP) is 3.36. The molecule has 6 rings (SSSR count). The fraction of sp³-hybridized carbons (Fsp3) is 0.182. The normalized spacial score (nSPS) is 10.2. The molecule has 0 aliphatic carbocycles. The van der Waals surface area contributed by atoms with E-state index in [0.29, 0.717) is 20.3 Å². The third kappa shape index (κ3) is 7.66. The van der Waals surface area contributed by atoms with Gasteiger partial charge in [0.1, 0.15) is 9.75 Å². The van der Waals surface area contributed by atoms with E-state index in [4.69, 9.17) is 10.5 Å². The van der Waals surface area contributed by atoms with E-state index in [1.165, 1.54) is 48.2 Å². The number of carbonyl (C=O) groups excluding carboxylic acids is 3. The number of carbonyl (C=O) groups is 3. The Morgan fingerprint density at radius 1 is 0.609 bits per heavy atom. The van der Waals surface area contributed by atoms with Crippen molar-refractivity contribution in [3.05, 3.63) is 87.4 Å². The van der Waals surface area contributed by atoms with E-state index < -0.39 is 5.97 Å². The van der Waals surface area contributed by atoms with Crippen LogP contribution in [0, 0.1) is 0 Å². The number of anilines is 3. The molecule has 0 aliphatic heterocycles. The summed E-state index contributed by atoms with van der Waals surface area (Å²) in [4.78, 5) is 39.1. The summed E-state index contributed by atoms with van der Waals surface area (Å²) in [6, 6.07) is 23.3. The van der Waals surface area contributed by atoms with Crippen molar-refractivity contribution in [2.45, 2.75) is 0 Å². The summed E-state index contributed by atoms with van der Waals surface area (Å²) in [5, 5.41) is 13.9. The molecule has 6 aromatic rings. The molecule has 0 unspecified atom stereocenters. The number of carboxylic acids is 1. The summed E-state index contributed by atoms with van der Waals surface area (Å²) in [6.45, 7) is 0. The Hall–Kier alpha value is -4.05. The zero-order chi connectivity index (χ0) is 32.8. The standard InChI is InChI=1S/C12H13NO2S.C11H11NO2S.C10H9NO2S.Li/c1-13(2)10-8-6-4-5-7-9(8)16-11(10)12(14)15-3;1-12(2)9-7-5-3-4-6-8(7)15-10(9)11(13)14;1-13-10(12)9-8(11)6-4-2-3-5-7(6)14-9;/h4-7H,1-3H3;3-6H,1-2H3,(H,13,14);2-5H,11H2,1H3;/q;;;+1/p-1. The number of fused-ring (bicyclic) bond motifs is 3. The first-order valence-electron chi connectivity index (χ1n) is 13.5. The van der Waals surface area contributed by atoms with Crippen LogP contribution >= 0.6 is 34.0 Å². The molecule has 0 saturated heterocycles. The van der Waals surface area contributed by atoms with Crippen LogP contribution in [0.1, 0.15) is 29.0 Å². The van der Waals surface area contributed by atoms with E-state index in [1.807, 2.05) is 111 Å². The van der Waals surface area contributed by atoms with E-state index in [0.717, 1.165) is 41.6 Å². The van der Waals surface area contributed by atoms with Gasteiger partial charge in [0, 0.05) is 58.4 Å². The number of hydrogen-bond donors (Lipinski definition) is 1. The van der Waals surface area contributed by atoms with Gasteiger partial charge in [0.25, 0.3) is 0 Å². The maximum Gasteiger partial charge on any atom is 1.00 e. The number of ether oxygens (including phenoxy) is 2. The van der Waals surface area contributed by atoms with Crippen LogP contribution in [-0.2, 0) is 9.47 Å². The summed E-state index contributed by atoms with van der Waals surface area (Å²) < 4.78 is 12.5. The van der Waals surface area contributed by atoms with Gasteiger partial charge in [-0.25, -0.2) is 9.59 Å². The first-order chi connectivity index (χ1) is 21.5. The Kier molecular flexibility index (Phi) is 12.7. The van der Waals surface area contributed by atoms with Crippen molar-refractivity contribution in [1.29, 1.82) is 0 Å². The maximum atomic E-state index is 11.7. The number of nitrogen functional groups attached to an aromatic ring is 1. The number of methoxy groups -OCH3 is 2. The summed E-state index contributed by atoms with van der Waals surface area (Å²) in [7, 11) is 10.3. The Balaban J connectivity index is 0.000000186. The van der Waals surface area contributed by atoms with Gasteiger partial charge in [0.2, 0.25) is 0 Å². The molecule has 0 spiro atoms. The Labute approximate surface area is 290 Å². The molecule has 0 aliphatic rings. The number of esters is 2. The number of carboxylic acid groups (broad SMARTS) is 1. The van der Waals surface area contributed by atoms with Crippen LogP contribution < -0.4 is 39.5 Å². The van der Waals surface area contributed by atoms with E-state index in [9.17, 15) is 19.5 Å². The summed E-state index contributed by atoms with van der Waals surface area (Å²) >= 11 is 4.08. The summed E-state index contributed by atoms with van der Waals surface area (Å²) in [5.41, 5.74) is 8.01. The molecule has 3 heterocycles. The molecule has 0 radical (unpaired) electrons. The first-order valence-corrected chi connectivity index (χ1v) is 16.0. The minimum Gasteiger partial charge on any atom is -0.544 e. The van der Waals surface area contributed by atoms with Crippen molar-refractivity contribution in [1.82, 2.24) is 0 Å². The van der Waals surface area contributed by atoms with Gasteiger partial charge in [-0.15, -0.1) is 34.0 Å². The van der Waals surface area contributed by atoms with Gasteiger partial charge in [-0.2, -0.15) is 0 Å². The van der Waals surface area contributed by atoms with Crippen molar-refractivity contribution in [2.75, 3.05) is 57.9 Å². The van der Waals surface area contributed by atoms with Gasteiger partial charge in [-0.3, -0.25) is 0 Å². The minimum atomic E-state index is -1.11. The molecular formula is C33H32LiN3O6S3. The predicted molar refractivity (Wildman–Crippen MR) is 186 cm³/mol. The molecule has 0 bridgehead atoms. The average molecular weight is 670 g/mol. The largest absolute Gasteiger partial charge is 1.00 e. The molecule has 9 nitrogen and oxygen atoms in total. The number of nitrogens with zero attached hydrogens (tertiary/aromatic N) is 2. The zero-order valence-corrected chi connectivity index (χ0v) is 29.0. The van der Waals surface area contributed by atoms with Crippen molar-refractivity contribution >= 4 is 99.2 Å². The summed E-state index contributed by atoms with van der Waals surface area (Å²) in [5.74, 6) is -1.76. The second-order valence-electron chi connectivity index (χ2n) is 9.95. The number of hydrogen-bond acceptors (Lipinski definition) is 12. The molecule has 3 aromatic heterocycles. The summed E-state index contributed by atoms with van der Waals surface area (Å²) in [6.07, 6.45) is 0. The third-order valence-electron chi connectivity index (χ3n) is 6.59. The Morgan fingerprint density at radius 2 is 0.957 bits per heavy atom. The Morgan fingerprint density at radius 3 is 1.37 bits per heavy atom. The molecule has 0 amide bonds. The molecule has 0 saturated carbocycles. The van der Waals surface area contributed by atoms with E-state index in [1.54, 1.807) is 0 Å². The van der Waals surface area contributed by atoms with Crippen LogP contribution in [0.4, 0.5) is 17.1 Å². The van der Waals surface area contributed by atoms with Crippen LogP contribution in [-0.4, -0.2) is 60.3 Å². The maximum absolute atomic E-state index is 11.7. The van der Waals surface area contributed by atoms with Gasteiger partial charge in [-0.1, -0.05) is 54.6 Å². The number of nitrogens with two attached hydrogens (primary N) is 1. The molecule has 3 aromatic carbocycles. The SMILES string of the molecule is CN(C)c1c(C(=O)[O-])sc2ccccc12.COC(=O)c1sc2ccccc2c1N.COC(=O)c1sc2ccccc2c1N(C)C.[Li+]. The van der Waals surface area contributed by atoms with Gasteiger partial charge in [0.05, 0.1) is 42.1 Å². The van der Waals surface area contributed by atoms with Crippen molar-refractivity contribution < 1.29 is 47.8 Å². The number of rotatable bonds is 5. The molecular weight excluding hydrogens is 638 g/mol. The quantitative estimate of drug-likeness (QED) is 0.217. The fourth-order valence-corrected chi connectivity index (χ4v) is 7.98. The molecule has 2 N–H and O–H groups in total. The second kappa shape index (κ2) is 16.0. The van der Waals surface area contributed by atoms with Gasteiger partial charge in [-0.05, 0) is 18.2 Å². The van der Waals surface area contributed by atoms with Gasteiger partial charge >= 0.3 is 30.8 Å². The number of benzene rings is 3. The minimum absolute atomic E-state index is 0. The fourth-order valence-electron chi connectivity index (χ4n) is 4.63. The first kappa shape index (κ1) is 36.4. The van der Waals surface area contributed by atoms with Crippen LogP contribution in [0.2, 0.25) is 0 Å².